The number of anilines is 1. The summed E-state index contributed by atoms with van der Waals surface area (Å²) in [6, 6.07) is 2.75. The first kappa shape index (κ1) is 27.6. The summed E-state index contributed by atoms with van der Waals surface area (Å²) in [6.07, 6.45) is 16.5. The molecule has 0 aromatic carbocycles. The number of imidazole rings is 1. The number of hydrazone groups is 1. The van der Waals surface area contributed by atoms with E-state index in [4.69, 9.17) is 4.42 Å². The highest BCUT2D eigenvalue weighted by atomic mass is 16.6. The number of furan rings is 1. The molecule has 3 rings (SSSR count). The number of nitrogens with zero attached hydrogens (tertiary/aromatic N) is 5. The third kappa shape index (κ3) is 7.76. The van der Waals surface area contributed by atoms with Crippen molar-refractivity contribution >= 4 is 35.3 Å². The van der Waals surface area contributed by atoms with Crippen LogP contribution in [0.1, 0.15) is 76.9 Å². The normalized spacial score (nSPS) is 11.8. The number of H-pyrrole nitrogens is 1. The maximum Gasteiger partial charge on any atom is 0.433 e. The van der Waals surface area contributed by atoms with Crippen LogP contribution in [0.4, 0.5) is 11.8 Å². The lowest BCUT2D eigenvalue weighted by atomic mass is 10.1. The molecule has 0 radical (unpaired) electrons. The second kappa shape index (κ2) is 14.0. The zero-order valence-corrected chi connectivity index (χ0v) is 21.4. The molecule has 0 unspecified atom stereocenters. The topological polar surface area (TPSA) is 153 Å². The molecule has 0 aliphatic heterocycles. The lowest BCUT2D eigenvalue weighted by molar-refractivity contribution is -0.402. The van der Waals surface area contributed by atoms with E-state index in [2.05, 4.69) is 27.4 Å². The minimum absolute atomic E-state index is 0.275. The van der Waals surface area contributed by atoms with Gasteiger partial charge < -0.3 is 8.98 Å². The maximum absolute atomic E-state index is 12.6. The predicted octanol–water partition coefficient (Wildman–Crippen LogP) is 4.96. The molecular formula is C25H35N7O5. The fourth-order valence-electron chi connectivity index (χ4n) is 4.10. The Hall–Kier alpha value is -3.96. The van der Waals surface area contributed by atoms with E-state index >= 15 is 0 Å². The summed E-state index contributed by atoms with van der Waals surface area (Å²) in [5.41, 5.74) is 2.40. The number of aromatic amines is 1. The van der Waals surface area contributed by atoms with Gasteiger partial charge in [0.25, 0.3) is 5.56 Å². The molecule has 0 spiro atoms. The highest BCUT2D eigenvalue weighted by Crippen LogP contribution is 2.18. The molecule has 37 heavy (non-hydrogen) atoms. The SMILES string of the molecule is CCCCCCCCCCCCn1c(N/N=C\C=C\c2ccc([N+](=O)[O-])o2)nc2c1c(=O)[nH]c(=O)n2C. The summed E-state index contributed by atoms with van der Waals surface area (Å²) in [4.78, 5) is 41.5. The van der Waals surface area contributed by atoms with E-state index < -0.39 is 16.2 Å². The Morgan fingerprint density at radius 1 is 1.11 bits per heavy atom. The van der Waals surface area contributed by atoms with E-state index in [0.717, 1.165) is 19.3 Å². The van der Waals surface area contributed by atoms with Crippen LogP contribution in [0.3, 0.4) is 0 Å². The van der Waals surface area contributed by atoms with Crippen LogP contribution in [0.5, 0.6) is 0 Å². The maximum atomic E-state index is 12.6. The minimum Gasteiger partial charge on any atom is -0.401 e. The van der Waals surface area contributed by atoms with Gasteiger partial charge in [-0.3, -0.25) is 24.5 Å². The van der Waals surface area contributed by atoms with E-state index in [1.165, 1.54) is 73.9 Å². The third-order valence-electron chi connectivity index (χ3n) is 6.12. The third-order valence-corrected chi connectivity index (χ3v) is 6.12. The summed E-state index contributed by atoms with van der Waals surface area (Å²) in [5.74, 6) is 0.315. The van der Waals surface area contributed by atoms with Crippen molar-refractivity contribution in [2.45, 2.75) is 77.7 Å². The summed E-state index contributed by atoms with van der Waals surface area (Å²) in [7, 11) is 1.55. The molecule has 12 nitrogen and oxygen atoms in total. The van der Waals surface area contributed by atoms with Crippen molar-refractivity contribution in [1.29, 1.82) is 0 Å². The van der Waals surface area contributed by atoms with E-state index in [1.54, 1.807) is 17.7 Å². The fraction of sp³-hybridized carbons (Fsp3) is 0.520. The number of rotatable bonds is 16. The lowest BCUT2D eigenvalue weighted by Crippen LogP contribution is -2.29. The second-order valence-electron chi connectivity index (χ2n) is 8.94. The van der Waals surface area contributed by atoms with Crippen LogP contribution in [0.2, 0.25) is 0 Å². The molecule has 0 saturated carbocycles. The quantitative estimate of drug-likeness (QED) is 0.119. The van der Waals surface area contributed by atoms with Gasteiger partial charge in [0.15, 0.2) is 11.2 Å². The zero-order chi connectivity index (χ0) is 26.6. The first-order chi connectivity index (χ1) is 17.9. The van der Waals surface area contributed by atoms with Gasteiger partial charge in [-0.2, -0.15) is 10.1 Å². The number of hydrogen-bond acceptors (Lipinski definition) is 8. The molecule has 12 heteroatoms. The second-order valence-corrected chi connectivity index (χ2v) is 8.94. The Kier molecular flexibility index (Phi) is 10.4. The molecular weight excluding hydrogens is 478 g/mol. The molecule has 0 atom stereocenters. The predicted molar refractivity (Wildman–Crippen MR) is 144 cm³/mol. The molecule has 0 aliphatic rings. The molecule has 200 valence electrons. The molecule has 0 aliphatic carbocycles. The molecule has 3 heterocycles. The molecule has 3 aromatic heterocycles. The van der Waals surface area contributed by atoms with Crippen molar-refractivity contribution in [3.8, 4) is 0 Å². The van der Waals surface area contributed by atoms with Gasteiger partial charge in [-0.15, -0.1) is 0 Å². The van der Waals surface area contributed by atoms with Crippen LogP contribution in [0.15, 0.2) is 37.3 Å². The monoisotopic (exact) mass is 513 g/mol. The number of nitro groups is 1. The average molecular weight is 514 g/mol. The first-order valence-electron chi connectivity index (χ1n) is 12.8. The first-order valence-corrected chi connectivity index (χ1v) is 12.8. The van der Waals surface area contributed by atoms with Crippen LogP contribution < -0.4 is 16.7 Å². The lowest BCUT2D eigenvalue weighted by Gasteiger charge is -2.08. The summed E-state index contributed by atoms with van der Waals surface area (Å²) < 4.78 is 8.09. The van der Waals surface area contributed by atoms with Crippen molar-refractivity contribution in [2.24, 2.45) is 12.1 Å². The van der Waals surface area contributed by atoms with Crippen molar-refractivity contribution in [3.05, 3.63) is 54.9 Å². The fourth-order valence-corrected chi connectivity index (χ4v) is 4.10. The van der Waals surface area contributed by atoms with E-state index in [-0.39, 0.29) is 11.5 Å². The number of aromatic nitrogens is 4. The average Bonchev–Trinajstić information content (AvgIpc) is 3.49. The molecule has 3 aromatic rings. The molecule has 2 N–H and O–H groups in total. The summed E-state index contributed by atoms with van der Waals surface area (Å²) in [5, 5.41) is 14.8. The number of hydrogen-bond donors (Lipinski definition) is 2. The van der Waals surface area contributed by atoms with Gasteiger partial charge >= 0.3 is 11.6 Å². The highest BCUT2D eigenvalue weighted by Gasteiger charge is 2.17. The smallest absolute Gasteiger partial charge is 0.401 e. The molecule has 0 bridgehead atoms. The van der Waals surface area contributed by atoms with Crippen molar-refractivity contribution < 1.29 is 9.34 Å². The molecule has 0 fully saturated rings. The van der Waals surface area contributed by atoms with Crippen molar-refractivity contribution in [1.82, 2.24) is 19.1 Å². The zero-order valence-electron chi connectivity index (χ0n) is 21.4. The summed E-state index contributed by atoms with van der Waals surface area (Å²) in [6.45, 7) is 2.78. The van der Waals surface area contributed by atoms with Crippen LogP contribution in [0.25, 0.3) is 17.2 Å². The number of fused-ring (bicyclic) bond motifs is 1. The van der Waals surface area contributed by atoms with Crippen LogP contribution in [-0.2, 0) is 13.6 Å². The van der Waals surface area contributed by atoms with Gasteiger partial charge in [-0.25, -0.2) is 10.2 Å². The van der Waals surface area contributed by atoms with Gasteiger partial charge in [0, 0.05) is 19.8 Å². The molecule has 0 amide bonds. The van der Waals surface area contributed by atoms with Crippen molar-refractivity contribution in [2.75, 3.05) is 5.43 Å². The van der Waals surface area contributed by atoms with Gasteiger partial charge in [-0.1, -0.05) is 64.7 Å². The Bertz CT molecular complexity index is 1350. The highest BCUT2D eigenvalue weighted by molar-refractivity contribution is 5.78. The Balaban J connectivity index is 1.62. The van der Waals surface area contributed by atoms with Gasteiger partial charge in [-0.05, 0) is 24.6 Å². The van der Waals surface area contributed by atoms with Crippen LogP contribution in [0, 0.1) is 10.1 Å². The number of aryl methyl sites for hydroxylation is 2. The van der Waals surface area contributed by atoms with Crippen LogP contribution in [-0.4, -0.2) is 30.2 Å². The Morgan fingerprint density at radius 3 is 2.43 bits per heavy atom. The van der Waals surface area contributed by atoms with Gasteiger partial charge in [0.1, 0.15) is 10.7 Å². The molecule has 0 saturated heterocycles. The number of nitrogens with one attached hydrogen (secondary N) is 2. The largest absolute Gasteiger partial charge is 0.433 e. The Labute approximate surface area is 214 Å². The van der Waals surface area contributed by atoms with E-state index in [9.17, 15) is 19.7 Å². The van der Waals surface area contributed by atoms with Crippen LogP contribution >= 0.6 is 0 Å². The minimum atomic E-state index is -0.610. The van der Waals surface area contributed by atoms with Gasteiger partial charge in [0.2, 0.25) is 5.95 Å². The van der Waals surface area contributed by atoms with Gasteiger partial charge in [0.05, 0.1) is 6.07 Å². The summed E-state index contributed by atoms with van der Waals surface area (Å²) >= 11 is 0. The van der Waals surface area contributed by atoms with E-state index in [0.29, 0.717) is 23.8 Å². The van der Waals surface area contributed by atoms with E-state index in [1.807, 2.05) is 0 Å². The Morgan fingerprint density at radius 2 is 1.78 bits per heavy atom. The standard InChI is InChI=1S/C25H35N7O5/c1-3-4-5-6-7-8-9-10-11-12-18-31-21-22(30(2)25(34)28-23(21)33)27-24(31)29-26-17-13-14-19-15-16-20(37-19)32(35)36/h13-17H,3-12,18H2,1-2H3,(H,27,29)(H,28,33,34)/b14-13+,26-17-. The number of allylic oxidation sites excluding steroid dienone is 1. The van der Waals surface area contributed by atoms with Crippen molar-refractivity contribution in [3.63, 3.8) is 0 Å². The number of unbranched alkanes of at least 4 members (excludes halogenated alkanes) is 9.